The number of hydrogen-bond acceptors (Lipinski definition) is 1. The molecule has 0 aliphatic heterocycles. The lowest BCUT2D eigenvalue weighted by Crippen LogP contribution is -2.23. The zero-order chi connectivity index (χ0) is 15.2. The van der Waals surface area contributed by atoms with Crippen molar-refractivity contribution in [3.05, 3.63) is 69.2 Å². The molecule has 1 N–H and O–H groups in total. The van der Waals surface area contributed by atoms with E-state index in [9.17, 15) is 0 Å². The average Bonchev–Trinajstić information content (AvgIpc) is 2.44. The van der Waals surface area contributed by atoms with Gasteiger partial charge in [0, 0.05) is 10.0 Å². The molecule has 0 spiro atoms. The Morgan fingerprint density at radius 1 is 1.00 bits per heavy atom. The monoisotopic (exact) mass is 321 g/mol. The van der Waals surface area contributed by atoms with Gasteiger partial charge in [-0.3, -0.25) is 0 Å². The maximum atomic E-state index is 6.30. The van der Waals surface area contributed by atoms with Crippen LogP contribution in [0.25, 0.3) is 0 Å². The molecule has 2 aromatic rings. The van der Waals surface area contributed by atoms with Crippen molar-refractivity contribution in [2.75, 3.05) is 13.6 Å². The Labute approximate surface area is 137 Å². The summed E-state index contributed by atoms with van der Waals surface area (Å²) in [6.45, 7) is 3.13. The van der Waals surface area contributed by atoms with E-state index < -0.39 is 0 Å². The molecule has 3 heteroatoms. The van der Waals surface area contributed by atoms with Crippen molar-refractivity contribution in [1.29, 1.82) is 0 Å². The molecular formula is C18H21Cl2N. The summed E-state index contributed by atoms with van der Waals surface area (Å²) >= 11 is 12.3. The minimum Gasteiger partial charge on any atom is -0.319 e. The van der Waals surface area contributed by atoms with Gasteiger partial charge in [0.05, 0.1) is 0 Å². The van der Waals surface area contributed by atoms with Crippen LogP contribution < -0.4 is 5.32 Å². The van der Waals surface area contributed by atoms with E-state index in [0.29, 0.717) is 10.9 Å². The van der Waals surface area contributed by atoms with E-state index in [1.54, 1.807) is 0 Å². The molecule has 0 fully saturated rings. The van der Waals surface area contributed by atoms with Gasteiger partial charge < -0.3 is 5.32 Å². The van der Waals surface area contributed by atoms with Crippen molar-refractivity contribution < 1.29 is 0 Å². The van der Waals surface area contributed by atoms with Crippen molar-refractivity contribution in [3.8, 4) is 0 Å². The lowest BCUT2D eigenvalue weighted by Gasteiger charge is -2.19. The van der Waals surface area contributed by atoms with Gasteiger partial charge in [-0.2, -0.15) is 0 Å². The number of rotatable bonds is 6. The topological polar surface area (TPSA) is 12.0 Å². The van der Waals surface area contributed by atoms with Crippen molar-refractivity contribution in [3.63, 3.8) is 0 Å². The molecule has 0 aliphatic rings. The SMILES string of the molecule is CNCC(Cc1ccccc1C)Cc1ccc(Cl)cc1Cl. The third-order valence-corrected chi connectivity index (χ3v) is 4.37. The minimum absolute atomic E-state index is 0.509. The zero-order valence-electron chi connectivity index (χ0n) is 12.5. The minimum atomic E-state index is 0.509. The molecule has 1 nitrogen and oxygen atoms in total. The molecule has 0 amide bonds. The van der Waals surface area contributed by atoms with Crippen LogP contribution in [0.1, 0.15) is 16.7 Å². The first-order valence-electron chi connectivity index (χ1n) is 7.23. The van der Waals surface area contributed by atoms with Gasteiger partial charge in [0.2, 0.25) is 0 Å². The van der Waals surface area contributed by atoms with Gasteiger partial charge in [-0.05, 0) is 68.1 Å². The van der Waals surface area contributed by atoms with Crippen LogP contribution in [0.5, 0.6) is 0 Å². The third-order valence-electron chi connectivity index (χ3n) is 3.79. The predicted molar refractivity (Wildman–Crippen MR) is 92.5 cm³/mol. The van der Waals surface area contributed by atoms with E-state index in [2.05, 4.69) is 36.5 Å². The highest BCUT2D eigenvalue weighted by atomic mass is 35.5. The first kappa shape index (κ1) is 16.4. The fraction of sp³-hybridized carbons (Fsp3) is 0.333. The molecule has 0 saturated carbocycles. The van der Waals surface area contributed by atoms with Crippen molar-refractivity contribution >= 4 is 23.2 Å². The van der Waals surface area contributed by atoms with Crippen LogP contribution in [0.3, 0.4) is 0 Å². The molecule has 0 aliphatic carbocycles. The predicted octanol–water partition coefficient (Wildman–Crippen LogP) is 4.92. The van der Waals surface area contributed by atoms with Crippen LogP contribution in [0, 0.1) is 12.8 Å². The molecular weight excluding hydrogens is 301 g/mol. The summed E-state index contributed by atoms with van der Waals surface area (Å²) in [6.07, 6.45) is 2.00. The van der Waals surface area contributed by atoms with Crippen LogP contribution in [0.15, 0.2) is 42.5 Å². The lowest BCUT2D eigenvalue weighted by atomic mass is 9.90. The fourth-order valence-corrected chi connectivity index (χ4v) is 3.14. The van der Waals surface area contributed by atoms with Gasteiger partial charge in [-0.1, -0.05) is 53.5 Å². The van der Waals surface area contributed by atoms with E-state index >= 15 is 0 Å². The van der Waals surface area contributed by atoms with Gasteiger partial charge in [-0.15, -0.1) is 0 Å². The number of halogens is 2. The summed E-state index contributed by atoms with van der Waals surface area (Å²) in [5.74, 6) is 0.509. The van der Waals surface area contributed by atoms with E-state index in [-0.39, 0.29) is 0 Å². The van der Waals surface area contributed by atoms with Gasteiger partial charge >= 0.3 is 0 Å². The van der Waals surface area contributed by atoms with Crippen LogP contribution in [0.4, 0.5) is 0 Å². The highest BCUT2D eigenvalue weighted by Gasteiger charge is 2.13. The second-order valence-electron chi connectivity index (χ2n) is 5.49. The highest BCUT2D eigenvalue weighted by molar-refractivity contribution is 6.35. The molecule has 112 valence electrons. The summed E-state index contributed by atoms with van der Waals surface area (Å²) in [6, 6.07) is 14.3. The van der Waals surface area contributed by atoms with Crippen molar-refractivity contribution in [1.82, 2.24) is 5.32 Å². The molecule has 0 heterocycles. The number of aryl methyl sites for hydroxylation is 1. The molecule has 2 rings (SSSR count). The summed E-state index contributed by atoms with van der Waals surface area (Å²) in [5.41, 5.74) is 3.92. The third kappa shape index (κ3) is 4.74. The molecule has 0 saturated heterocycles. The van der Waals surface area contributed by atoms with E-state index in [1.807, 2.05) is 25.2 Å². The highest BCUT2D eigenvalue weighted by Crippen LogP contribution is 2.25. The molecule has 0 bridgehead atoms. The Kier molecular flexibility index (Phi) is 6.10. The quantitative estimate of drug-likeness (QED) is 0.796. The van der Waals surface area contributed by atoms with Crippen LogP contribution in [-0.2, 0) is 12.8 Å². The Morgan fingerprint density at radius 2 is 1.71 bits per heavy atom. The number of benzene rings is 2. The first-order chi connectivity index (χ1) is 10.1. The van der Waals surface area contributed by atoms with Gasteiger partial charge in [0.1, 0.15) is 0 Å². The zero-order valence-corrected chi connectivity index (χ0v) is 14.0. The Bertz CT molecular complexity index is 596. The summed E-state index contributed by atoms with van der Waals surface area (Å²) < 4.78 is 0. The standard InChI is InChI=1S/C18H21Cl2N/c1-13-5-3-4-6-15(13)9-14(12-21-2)10-16-7-8-17(19)11-18(16)20/h3-8,11,14,21H,9-10,12H2,1-2H3. The Morgan fingerprint density at radius 3 is 2.38 bits per heavy atom. The van der Waals surface area contributed by atoms with Gasteiger partial charge in [0.25, 0.3) is 0 Å². The normalized spacial score (nSPS) is 12.4. The molecule has 2 aromatic carbocycles. The summed E-state index contributed by atoms with van der Waals surface area (Å²) in [7, 11) is 1.99. The van der Waals surface area contributed by atoms with Crippen LogP contribution >= 0.6 is 23.2 Å². The number of nitrogens with one attached hydrogen (secondary N) is 1. The first-order valence-corrected chi connectivity index (χ1v) is 7.98. The average molecular weight is 322 g/mol. The van der Waals surface area contributed by atoms with Crippen LogP contribution in [-0.4, -0.2) is 13.6 Å². The lowest BCUT2D eigenvalue weighted by molar-refractivity contribution is 0.492. The molecule has 0 radical (unpaired) electrons. The van der Waals surface area contributed by atoms with Gasteiger partial charge in [0.15, 0.2) is 0 Å². The van der Waals surface area contributed by atoms with Crippen molar-refractivity contribution in [2.45, 2.75) is 19.8 Å². The van der Waals surface area contributed by atoms with Crippen molar-refractivity contribution in [2.24, 2.45) is 5.92 Å². The maximum Gasteiger partial charge on any atom is 0.0452 e. The largest absolute Gasteiger partial charge is 0.319 e. The maximum absolute atomic E-state index is 6.30. The smallest absolute Gasteiger partial charge is 0.0452 e. The van der Waals surface area contributed by atoms with Gasteiger partial charge in [-0.25, -0.2) is 0 Å². The Balaban J connectivity index is 2.14. The molecule has 21 heavy (non-hydrogen) atoms. The van der Waals surface area contributed by atoms with E-state index in [0.717, 1.165) is 30.0 Å². The summed E-state index contributed by atoms with van der Waals surface area (Å²) in [5, 5.41) is 4.74. The Hall–Kier alpha value is -1.02. The second kappa shape index (κ2) is 7.84. The number of hydrogen-bond donors (Lipinski definition) is 1. The molecule has 1 unspecified atom stereocenters. The summed E-state index contributed by atoms with van der Waals surface area (Å²) in [4.78, 5) is 0. The molecule has 1 atom stereocenters. The molecule has 0 aromatic heterocycles. The van der Waals surface area contributed by atoms with E-state index in [1.165, 1.54) is 11.1 Å². The van der Waals surface area contributed by atoms with Crippen LogP contribution in [0.2, 0.25) is 10.0 Å². The fourth-order valence-electron chi connectivity index (χ4n) is 2.65. The second-order valence-corrected chi connectivity index (χ2v) is 6.34. The van der Waals surface area contributed by atoms with E-state index in [4.69, 9.17) is 23.2 Å².